The minimum absolute atomic E-state index is 0.0919. The fourth-order valence-corrected chi connectivity index (χ4v) is 9.84. The molecule has 10 heteroatoms. The van der Waals surface area contributed by atoms with Crippen LogP contribution in [0.3, 0.4) is 0 Å². The molecule has 2 saturated heterocycles. The van der Waals surface area contributed by atoms with Gasteiger partial charge in [-0.1, -0.05) is 74.6 Å². The summed E-state index contributed by atoms with van der Waals surface area (Å²) in [5, 5.41) is 22.4. The number of carbonyl (C=O) groups excluding carboxylic acids is 2. The molecule has 6 aliphatic rings. The van der Waals surface area contributed by atoms with E-state index in [2.05, 4.69) is 20.9 Å². The van der Waals surface area contributed by atoms with Crippen molar-refractivity contribution in [2.75, 3.05) is 26.2 Å². The third-order valence-corrected chi connectivity index (χ3v) is 13.0. The van der Waals surface area contributed by atoms with E-state index in [4.69, 9.17) is 27.9 Å². The smallest absolute Gasteiger partial charge is 0.258 e. The van der Waals surface area contributed by atoms with Gasteiger partial charge in [0.2, 0.25) is 5.91 Å². The number of fused-ring (bicyclic) bond motifs is 3. The van der Waals surface area contributed by atoms with E-state index in [1.54, 1.807) is 18.2 Å². The zero-order valence-corrected chi connectivity index (χ0v) is 28.9. The van der Waals surface area contributed by atoms with Crippen LogP contribution in [0.5, 0.6) is 5.75 Å². The lowest BCUT2D eigenvalue weighted by Crippen LogP contribution is -2.72. The number of ether oxygens (including phenoxy) is 1. The Labute approximate surface area is 285 Å². The molecule has 256 valence electrons. The summed E-state index contributed by atoms with van der Waals surface area (Å²) in [6, 6.07) is 5.19. The Morgan fingerprint density at radius 2 is 1.50 bits per heavy atom. The minimum atomic E-state index is -0.739. The van der Waals surface area contributed by atoms with Gasteiger partial charge in [0, 0.05) is 24.2 Å². The second-order valence-corrected chi connectivity index (χ2v) is 16.0. The molecular formula is C36H54Cl2N4O4. The molecule has 1 aromatic rings. The number of piperidine rings is 1. The van der Waals surface area contributed by atoms with Crippen LogP contribution in [-0.4, -0.2) is 77.3 Å². The van der Waals surface area contributed by atoms with E-state index in [9.17, 15) is 14.7 Å². The Kier molecular flexibility index (Phi) is 11.1. The topological polar surface area (TPSA) is 103 Å². The van der Waals surface area contributed by atoms with Crippen molar-refractivity contribution in [3.63, 3.8) is 0 Å². The third-order valence-electron chi connectivity index (χ3n) is 12.2. The van der Waals surface area contributed by atoms with Crippen LogP contribution in [0.2, 0.25) is 10.0 Å². The number of hydrogen-bond donors (Lipinski definition) is 4. The van der Waals surface area contributed by atoms with Gasteiger partial charge in [0.15, 0.2) is 6.61 Å². The summed E-state index contributed by atoms with van der Waals surface area (Å²) >= 11 is 12.1. The number of halogens is 2. The molecule has 7 rings (SSSR count). The summed E-state index contributed by atoms with van der Waals surface area (Å²) in [4.78, 5) is 29.7. The van der Waals surface area contributed by atoms with Crippen molar-refractivity contribution in [1.82, 2.24) is 20.9 Å². The van der Waals surface area contributed by atoms with Crippen molar-refractivity contribution in [2.24, 2.45) is 5.41 Å². The number of likely N-dealkylation sites (tertiary alicyclic amines) is 1. The van der Waals surface area contributed by atoms with Gasteiger partial charge in [0.1, 0.15) is 5.75 Å². The lowest BCUT2D eigenvalue weighted by Gasteiger charge is -2.57. The van der Waals surface area contributed by atoms with Crippen LogP contribution in [0.25, 0.3) is 0 Å². The van der Waals surface area contributed by atoms with Crippen LogP contribution >= 0.6 is 23.2 Å². The highest BCUT2D eigenvalue weighted by molar-refractivity contribution is 6.42. The number of benzene rings is 1. The molecule has 4 saturated carbocycles. The fraction of sp³-hybridized carbons (Fsp3) is 0.778. The number of carbonyl (C=O) groups is 2. The number of hydrogen-bond acceptors (Lipinski definition) is 6. The Bertz CT molecular complexity index is 1200. The molecule has 1 aromatic carbocycles. The third kappa shape index (κ3) is 7.67. The van der Waals surface area contributed by atoms with Gasteiger partial charge in [-0.25, -0.2) is 0 Å². The average Bonchev–Trinajstić information content (AvgIpc) is 3.56. The average molecular weight is 678 g/mol. The normalized spacial score (nSPS) is 33.7. The molecule has 4 aliphatic carbocycles. The maximum Gasteiger partial charge on any atom is 0.258 e. The maximum absolute atomic E-state index is 14.1. The molecule has 2 heterocycles. The van der Waals surface area contributed by atoms with Crippen molar-refractivity contribution >= 4 is 35.0 Å². The zero-order chi connectivity index (χ0) is 32.2. The number of aliphatic hydroxyl groups excluding tert-OH is 1. The first-order valence-electron chi connectivity index (χ1n) is 18.1. The Balaban J connectivity index is 1.07. The van der Waals surface area contributed by atoms with Gasteiger partial charge in [-0.2, -0.15) is 0 Å². The summed E-state index contributed by atoms with van der Waals surface area (Å²) in [5.41, 5.74) is -0.957. The first-order chi connectivity index (χ1) is 22.2. The molecule has 3 atom stereocenters. The van der Waals surface area contributed by atoms with Crippen LogP contribution in [0.1, 0.15) is 116 Å². The molecule has 2 unspecified atom stereocenters. The minimum Gasteiger partial charge on any atom is -0.484 e. The lowest BCUT2D eigenvalue weighted by molar-refractivity contribution is -0.138. The first kappa shape index (κ1) is 34.3. The number of amides is 2. The van der Waals surface area contributed by atoms with E-state index in [0.29, 0.717) is 41.1 Å². The predicted octanol–water partition coefficient (Wildman–Crippen LogP) is 6.15. The summed E-state index contributed by atoms with van der Waals surface area (Å²) in [6.45, 7) is 3.08. The van der Waals surface area contributed by atoms with Gasteiger partial charge in [-0.15, -0.1) is 0 Å². The van der Waals surface area contributed by atoms with Gasteiger partial charge in [0.25, 0.3) is 5.91 Å². The molecule has 2 aliphatic heterocycles. The summed E-state index contributed by atoms with van der Waals surface area (Å²) in [6.07, 6.45) is 18.9. The quantitative estimate of drug-likeness (QED) is 0.276. The SMILES string of the molecule is O=C(COc1ccc(Cl)c(Cl)c1)NC12CCC(NC(=O)C3CC4(CCCCCCCCCC4)C(N4CCCC4)CN3)(CC1)C[C@@H]2O. The summed E-state index contributed by atoms with van der Waals surface area (Å²) in [5.74, 6) is 0.269. The largest absolute Gasteiger partial charge is 0.484 e. The summed E-state index contributed by atoms with van der Waals surface area (Å²) < 4.78 is 5.64. The highest BCUT2D eigenvalue weighted by Crippen LogP contribution is 2.48. The lowest BCUT2D eigenvalue weighted by atomic mass is 9.59. The molecule has 1 spiro atoms. The number of nitrogens with one attached hydrogen (secondary N) is 3. The van der Waals surface area contributed by atoms with E-state index < -0.39 is 17.2 Å². The van der Waals surface area contributed by atoms with E-state index in [-0.39, 0.29) is 29.9 Å². The Morgan fingerprint density at radius 1 is 0.848 bits per heavy atom. The molecule has 46 heavy (non-hydrogen) atoms. The molecule has 8 nitrogen and oxygen atoms in total. The molecular weight excluding hydrogens is 623 g/mol. The van der Waals surface area contributed by atoms with Crippen molar-refractivity contribution in [3.05, 3.63) is 28.2 Å². The Hall–Kier alpha value is -1.58. The second kappa shape index (κ2) is 14.9. The van der Waals surface area contributed by atoms with Crippen molar-refractivity contribution in [2.45, 2.75) is 145 Å². The Morgan fingerprint density at radius 3 is 2.13 bits per heavy atom. The van der Waals surface area contributed by atoms with Crippen molar-refractivity contribution in [3.8, 4) is 5.75 Å². The van der Waals surface area contributed by atoms with Gasteiger partial charge >= 0.3 is 0 Å². The van der Waals surface area contributed by atoms with E-state index in [0.717, 1.165) is 25.8 Å². The molecule has 0 aromatic heterocycles. The standard InChI is InChI=1S/C36H54Cl2N4O4/c37-27-12-11-26(21-28(27)38)46-25-32(44)40-36-17-15-35(16-18-36,23-31(36)43)41-33(45)29-22-34(30(24-39-29)42-19-9-10-20-42)13-7-5-3-1-2-4-6-8-14-34/h11-12,21,29-31,39,43H,1-10,13-20,22-25H2,(H,40,44)(H,41,45)/t29?,30?,31-,35?,36?/m0/s1. The number of aliphatic hydroxyl groups is 1. The fourth-order valence-electron chi connectivity index (χ4n) is 9.56. The van der Waals surface area contributed by atoms with E-state index in [1.807, 2.05) is 0 Å². The van der Waals surface area contributed by atoms with Gasteiger partial charge in [0.05, 0.1) is 27.7 Å². The van der Waals surface area contributed by atoms with E-state index >= 15 is 0 Å². The highest BCUT2D eigenvalue weighted by atomic mass is 35.5. The molecule has 2 bridgehead atoms. The van der Waals surface area contributed by atoms with Gasteiger partial charge in [-0.3, -0.25) is 14.5 Å². The second-order valence-electron chi connectivity index (χ2n) is 15.2. The van der Waals surface area contributed by atoms with Gasteiger partial charge in [-0.05, 0) is 94.8 Å². The van der Waals surface area contributed by atoms with E-state index in [1.165, 1.54) is 90.1 Å². The molecule has 4 N–H and O–H groups in total. The zero-order valence-electron chi connectivity index (χ0n) is 27.4. The molecule has 0 radical (unpaired) electrons. The molecule has 2 amide bonds. The number of rotatable bonds is 7. The van der Waals surface area contributed by atoms with Crippen LogP contribution in [0.15, 0.2) is 18.2 Å². The van der Waals surface area contributed by atoms with Crippen LogP contribution in [0, 0.1) is 5.41 Å². The van der Waals surface area contributed by atoms with Crippen molar-refractivity contribution < 1.29 is 19.4 Å². The van der Waals surface area contributed by atoms with Crippen LogP contribution in [-0.2, 0) is 9.59 Å². The number of nitrogens with zero attached hydrogens (tertiary/aromatic N) is 1. The highest BCUT2D eigenvalue weighted by Gasteiger charge is 2.56. The molecule has 6 fully saturated rings. The van der Waals surface area contributed by atoms with Crippen LogP contribution < -0.4 is 20.7 Å². The summed E-state index contributed by atoms with van der Waals surface area (Å²) in [7, 11) is 0. The predicted molar refractivity (Wildman–Crippen MR) is 182 cm³/mol. The maximum atomic E-state index is 14.1. The van der Waals surface area contributed by atoms with Crippen molar-refractivity contribution in [1.29, 1.82) is 0 Å². The van der Waals surface area contributed by atoms with Gasteiger partial charge < -0.3 is 25.8 Å². The van der Waals surface area contributed by atoms with Crippen LogP contribution in [0.4, 0.5) is 0 Å². The monoisotopic (exact) mass is 676 g/mol. The first-order valence-corrected chi connectivity index (χ1v) is 18.8.